The standard InChI is InChI=1S/C23H22BrNO/c1-2-23(15-7-4-8-16-23)25-21(18-11-13-20(24)14-12-18)17-22(26)19-9-5-3-6-10-19/h1,3,5-6,9-14,17,25H,4,7-8,15-16H2/b21-17-. The van der Waals surface area contributed by atoms with Crippen molar-refractivity contribution in [1.29, 1.82) is 0 Å². The summed E-state index contributed by atoms with van der Waals surface area (Å²) in [6, 6.07) is 17.2. The van der Waals surface area contributed by atoms with Gasteiger partial charge in [0, 0.05) is 21.8 Å². The Bertz CT molecular complexity index is 825. The minimum atomic E-state index is -0.381. The number of hydrogen-bond acceptors (Lipinski definition) is 2. The zero-order valence-electron chi connectivity index (χ0n) is 14.7. The number of rotatable bonds is 5. The van der Waals surface area contributed by atoms with E-state index in [0.717, 1.165) is 41.4 Å². The van der Waals surface area contributed by atoms with E-state index < -0.39 is 0 Å². The highest BCUT2D eigenvalue weighted by Gasteiger charge is 2.30. The van der Waals surface area contributed by atoms with Crippen LogP contribution < -0.4 is 5.32 Å². The lowest BCUT2D eigenvalue weighted by Crippen LogP contribution is -2.44. The molecule has 0 radical (unpaired) electrons. The lowest BCUT2D eigenvalue weighted by molar-refractivity contribution is 0.104. The molecule has 0 aromatic heterocycles. The molecule has 0 saturated heterocycles. The van der Waals surface area contributed by atoms with Gasteiger partial charge in [-0.05, 0) is 30.5 Å². The summed E-state index contributed by atoms with van der Waals surface area (Å²) in [6.07, 6.45) is 12.9. The van der Waals surface area contributed by atoms with Gasteiger partial charge in [0.15, 0.2) is 5.78 Å². The molecule has 1 fully saturated rings. The van der Waals surface area contributed by atoms with Gasteiger partial charge in [0.05, 0.1) is 5.54 Å². The van der Waals surface area contributed by atoms with E-state index in [9.17, 15) is 4.79 Å². The van der Waals surface area contributed by atoms with E-state index in [4.69, 9.17) is 6.42 Å². The van der Waals surface area contributed by atoms with Crippen LogP contribution in [0.25, 0.3) is 5.70 Å². The van der Waals surface area contributed by atoms with Gasteiger partial charge in [-0.2, -0.15) is 0 Å². The fourth-order valence-corrected chi connectivity index (χ4v) is 3.62. The largest absolute Gasteiger partial charge is 0.368 e. The van der Waals surface area contributed by atoms with E-state index in [1.165, 1.54) is 6.42 Å². The molecule has 0 heterocycles. The molecule has 2 aromatic rings. The van der Waals surface area contributed by atoms with Crippen molar-refractivity contribution in [2.45, 2.75) is 37.6 Å². The molecule has 26 heavy (non-hydrogen) atoms. The van der Waals surface area contributed by atoms with Crippen LogP contribution in [0.4, 0.5) is 0 Å². The molecule has 1 aliphatic rings. The molecule has 2 aromatic carbocycles. The van der Waals surface area contributed by atoms with E-state index in [2.05, 4.69) is 27.2 Å². The minimum Gasteiger partial charge on any atom is -0.368 e. The molecule has 0 bridgehead atoms. The number of carbonyl (C=O) groups is 1. The van der Waals surface area contributed by atoms with Crippen molar-refractivity contribution in [2.75, 3.05) is 0 Å². The number of hydrogen-bond donors (Lipinski definition) is 1. The summed E-state index contributed by atoms with van der Waals surface area (Å²) in [5.74, 6) is 2.94. The normalized spacial score (nSPS) is 16.5. The Morgan fingerprint density at radius 2 is 1.65 bits per heavy atom. The van der Waals surface area contributed by atoms with Gasteiger partial charge in [-0.3, -0.25) is 4.79 Å². The van der Waals surface area contributed by atoms with Gasteiger partial charge in [0.25, 0.3) is 0 Å². The number of benzene rings is 2. The molecule has 0 aliphatic heterocycles. The smallest absolute Gasteiger partial charge is 0.187 e. The van der Waals surface area contributed by atoms with Crippen LogP contribution in [0.15, 0.2) is 65.1 Å². The fraction of sp³-hybridized carbons (Fsp3) is 0.261. The third-order valence-electron chi connectivity index (χ3n) is 4.85. The predicted molar refractivity (Wildman–Crippen MR) is 111 cm³/mol. The molecule has 3 rings (SSSR count). The second-order valence-electron chi connectivity index (χ2n) is 6.71. The molecule has 132 valence electrons. The Morgan fingerprint density at radius 3 is 2.27 bits per heavy atom. The Kier molecular flexibility index (Phi) is 5.96. The summed E-state index contributed by atoms with van der Waals surface area (Å²) < 4.78 is 0.999. The van der Waals surface area contributed by atoms with Crippen LogP contribution in [0.5, 0.6) is 0 Å². The first-order chi connectivity index (χ1) is 12.6. The summed E-state index contributed by atoms with van der Waals surface area (Å²) in [6.45, 7) is 0. The maximum absolute atomic E-state index is 12.8. The van der Waals surface area contributed by atoms with Crippen LogP contribution in [-0.2, 0) is 0 Å². The summed E-state index contributed by atoms with van der Waals surface area (Å²) in [5, 5.41) is 3.54. The predicted octanol–water partition coefficient (Wildman–Crippen LogP) is 5.60. The van der Waals surface area contributed by atoms with Crippen molar-refractivity contribution in [3.8, 4) is 12.3 Å². The van der Waals surface area contributed by atoms with E-state index >= 15 is 0 Å². The van der Waals surface area contributed by atoms with E-state index in [-0.39, 0.29) is 11.3 Å². The molecule has 3 heteroatoms. The molecule has 1 saturated carbocycles. The zero-order valence-corrected chi connectivity index (χ0v) is 16.3. The summed E-state index contributed by atoms with van der Waals surface area (Å²) >= 11 is 3.47. The highest BCUT2D eigenvalue weighted by Crippen LogP contribution is 2.30. The van der Waals surface area contributed by atoms with E-state index in [1.807, 2.05) is 54.6 Å². The van der Waals surface area contributed by atoms with Crippen molar-refractivity contribution in [3.63, 3.8) is 0 Å². The Morgan fingerprint density at radius 1 is 1.00 bits per heavy atom. The van der Waals surface area contributed by atoms with E-state index in [0.29, 0.717) is 5.56 Å². The number of nitrogens with one attached hydrogen (secondary N) is 1. The molecular formula is C23H22BrNO. The van der Waals surface area contributed by atoms with Crippen molar-refractivity contribution in [2.24, 2.45) is 0 Å². The maximum atomic E-state index is 12.8. The third-order valence-corrected chi connectivity index (χ3v) is 5.37. The Labute approximate surface area is 163 Å². The molecule has 1 N–H and O–H groups in total. The summed E-state index contributed by atoms with van der Waals surface area (Å²) in [4.78, 5) is 12.8. The molecule has 0 unspecified atom stereocenters. The quantitative estimate of drug-likeness (QED) is 0.397. The van der Waals surface area contributed by atoms with Gasteiger partial charge in [-0.15, -0.1) is 6.42 Å². The molecule has 2 nitrogen and oxygen atoms in total. The molecule has 0 amide bonds. The number of allylic oxidation sites excluding steroid dienone is 1. The molecular weight excluding hydrogens is 386 g/mol. The lowest BCUT2D eigenvalue weighted by atomic mass is 9.82. The van der Waals surface area contributed by atoms with Gasteiger partial charge >= 0.3 is 0 Å². The first kappa shape index (κ1) is 18.5. The molecule has 1 aliphatic carbocycles. The minimum absolute atomic E-state index is 0.0287. The van der Waals surface area contributed by atoms with Gasteiger partial charge in [-0.25, -0.2) is 0 Å². The van der Waals surface area contributed by atoms with Gasteiger partial charge in [0.2, 0.25) is 0 Å². The van der Waals surface area contributed by atoms with Crippen molar-refractivity contribution < 1.29 is 4.79 Å². The van der Waals surface area contributed by atoms with Crippen molar-refractivity contribution >= 4 is 27.4 Å². The Hall–Kier alpha value is -2.31. The van der Waals surface area contributed by atoms with Crippen molar-refractivity contribution in [3.05, 3.63) is 76.3 Å². The average molecular weight is 408 g/mol. The van der Waals surface area contributed by atoms with Crippen LogP contribution in [0.2, 0.25) is 0 Å². The zero-order chi connectivity index (χ0) is 18.4. The SMILES string of the molecule is C#CC1(N/C(=C\C(=O)c2ccccc2)c2ccc(Br)cc2)CCCCC1. The lowest BCUT2D eigenvalue weighted by Gasteiger charge is -2.35. The van der Waals surface area contributed by atoms with E-state index in [1.54, 1.807) is 6.08 Å². The monoisotopic (exact) mass is 407 g/mol. The van der Waals surface area contributed by atoms with Gasteiger partial charge < -0.3 is 5.32 Å². The third kappa shape index (κ3) is 4.45. The fourth-order valence-electron chi connectivity index (χ4n) is 3.36. The second kappa shape index (κ2) is 8.38. The van der Waals surface area contributed by atoms with Gasteiger partial charge in [0.1, 0.15) is 0 Å². The second-order valence-corrected chi connectivity index (χ2v) is 7.62. The number of terminal acetylenes is 1. The van der Waals surface area contributed by atoms with Crippen molar-refractivity contribution in [1.82, 2.24) is 5.32 Å². The maximum Gasteiger partial charge on any atom is 0.187 e. The number of halogens is 1. The highest BCUT2D eigenvalue weighted by atomic mass is 79.9. The van der Waals surface area contributed by atoms with Crippen LogP contribution >= 0.6 is 15.9 Å². The Balaban J connectivity index is 1.96. The summed E-state index contributed by atoms with van der Waals surface area (Å²) in [5.41, 5.74) is 2.03. The molecule has 0 spiro atoms. The highest BCUT2D eigenvalue weighted by molar-refractivity contribution is 9.10. The number of carbonyl (C=O) groups excluding carboxylic acids is 1. The average Bonchev–Trinajstić information content (AvgIpc) is 2.69. The summed E-state index contributed by atoms with van der Waals surface area (Å²) in [7, 11) is 0. The first-order valence-corrected chi connectivity index (χ1v) is 9.74. The molecule has 0 atom stereocenters. The van der Waals surface area contributed by atoms with Crippen LogP contribution in [0, 0.1) is 12.3 Å². The topological polar surface area (TPSA) is 29.1 Å². The van der Waals surface area contributed by atoms with Gasteiger partial charge in [-0.1, -0.05) is 83.6 Å². The first-order valence-electron chi connectivity index (χ1n) is 8.95. The number of ketones is 1. The van der Waals surface area contributed by atoms with Crippen LogP contribution in [0.3, 0.4) is 0 Å². The van der Waals surface area contributed by atoms with Crippen LogP contribution in [-0.4, -0.2) is 11.3 Å². The van der Waals surface area contributed by atoms with Crippen LogP contribution in [0.1, 0.15) is 48.0 Å².